The molecule has 0 radical (unpaired) electrons. The third kappa shape index (κ3) is 6.98. The summed E-state index contributed by atoms with van der Waals surface area (Å²) >= 11 is 1.68. The first-order chi connectivity index (χ1) is 28.9. The van der Waals surface area contributed by atoms with Crippen molar-refractivity contribution in [3.63, 3.8) is 0 Å². The molecule has 0 saturated carbocycles. The van der Waals surface area contributed by atoms with E-state index >= 15 is 0 Å². The largest absolute Gasteiger partial charge is 0.469 e. The molecule has 7 aromatic rings. The Morgan fingerprint density at radius 2 is 1.72 bits per heavy atom. The minimum Gasteiger partial charge on any atom is -0.469 e. The lowest BCUT2D eigenvalue weighted by molar-refractivity contribution is -0.141. The molecular formula is C46H42N8O4S2. The number of thiophene rings is 1. The van der Waals surface area contributed by atoms with Crippen LogP contribution in [0.5, 0.6) is 0 Å². The number of aliphatic imine (C=N–C) groups is 1. The first-order valence-electron chi connectivity index (χ1n) is 19.7. The first kappa shape index (κ1) is 39.1. The predicted molar refractivity (Wildman–Crippen MR) is 233 cm³/mol. The van der Waals surface area contributed by atoms with E-state index in [2.05, 4.69) is 87.2 Å². The zero-order valence-electron chi connectivity index (χ0n) is 33.8. The number of ether oxygens (including phenoxy) is 1. The van der Waals surface area contributed by atoms with E-state index < -0.39 is 16.1 Å². The minimum absolute atomic E-state index is 0.0593. The second kappa shape index (κ2) is 15.3. The Balaban J connectivity index is 0.898. The molecule has 0 spiro atoms. The zero-order valence-corrected chi connectivity index (χ0v) is 35.5. The molecule has 0 bridgehead atoms. The molecule has 2 N–H and O–H groups in total. The first-order valence-corrected chi connectivity index (χ1v) is 22.0. The van der Waals surface area contributed by atoms with E-state index in [1.54, 1.807) is 35.7 Å². The van der Waals surface area contributed by atoms with Crippen molar-refractivity contribution in [2.45, 2.75) is 64.6 Å². The molecule has 9 rings (SSSR count). The van der Waals surface area contributed by atoms with E-state index in [0.29, 0.717) is 34.5 Å². The summed E-state index contributed by atoms with van der Waals surface area (Å²) < 4.78 is 36.6. The summed E-state index contributed by atoms with van der Waals surface area (Å²) in [6, 6.07) is 27.4. The van der Waals surface area contributed by atoms with Crippen LogP contribution in [0, 0.1) is 39.0 Å². The number of nitrogens with one attached hydrogen (secondary N) is 2. The highest BCUT2D eigenvalue weighted by atomic mass is 32.2. The van der Waals surface area contributed by atoms with Gasteiger partial charge in [-0.2, -0.15) is 5.26 Å². The van der Waals surface area contributed by atoms with Gasteiger partial charge in [-0.3, -0.25) is 24.0 Å². The molecule has 0 amide bonds. The van der Waals surface area contributed by atoms with Gasteiger partial charge in [0.25, 0.3) is 10.0 Å². The number of esters is 1. The molecule has 0 unspecified atom stereocenters. The van der Waals surface area contributed by atoms with Crippen molar-refractivity contribution in [2.75, 3.05) is 18.4 Å². The number of fused-ring (bicyclic) bond motifs is 5. The summed E-state index contributed by atoms with van der Waals surface area (Å²) in [4.78, 5) is 24.5. The summed E-state index contributed by atoms with van der Waals surface area (Å²) in [6.45, 7) is 10.4. The molecule has 60 heavy (non-hydrogen) atoms. The van der Waals surface area contributed by atoms with Crippen LogP contribution in [0.4, 0.5) is 5.69 Å². The van der Waals surface area contributed by atoms with Crippen LogP contribution in [-0.2, 0) is 39.1 Å². The number of aryl methyl sites for hydroxylation is 3. The maximum atomic E-state index is 13.4. The number of methoxy groups -OCH3 is 1. The van der Waals surface area contributed by atoms with Crippen molar-refractivity contribution in [3.05, 3.63) is 146 Å². The van der Waals surface area contributed by atoms with Crippen molar-refractivity contribution >= 4 is 49.6 Å². The van der Waals surface area contributed by atoms with Gasteiger partial charge in [-0.05, 0) is 91.3 Å². The summed E-state index contributed by atoms with van der Waals surface area (Å²) in [7, 11) is -2.48. The van der Waals surface area contributed by atoms with Gasteiger partial charge in [0.05, 0.1) is 40.9 Å². The number of benzene rings is 4. The molecule has 5 heterocycles. The number of aromatic nitrogens is 4. The fourth-order valence-corrected chi connectivity index (χ4v) is 10.6. The highest BCUT2D eigenvalue weighted by Gasteiger charge is 2.33. The zero-order chi connectivity index (χ0) is 41.9. The van der Waals surface area contributed by atoms with E-state index in [-0.39, 0.29) is 17.3 Å². The molecule has 0 saturated heterocycles. The third-order valence-electron chi connectivity index (χ3n) is 11.7. The van der Waals surface area contributed by atoms with Crippen molar-refractivity contribution in [1.82, 2.24) is 24.6 Å². The number of nitrogens with zero attached hydrogens (tertiary/aromatic N) is 6. The molecule has 12 nitrogen and oxygen atoms in total. The van der Waals surface area contributed by atoms with Crippen molar-refractivity contribution < 1.29 is 17.9 Å². The average Bonchev–Trinajstić information content (AvgIpc) is 3.92. The summed E-state index contributed by atoms with van der Waals surface area (Å²) in [5.74, 6) is 1.02. The van der Waals surface area contributed by atoms with Gasteiger partial charge >= 0.3 is 5.97 Å². The molecule has 302 valence electrons. The second-order valence-electron chi connectivity index (χ2n) is 15.4. The van der Waals surface area contributed by atoms with Crippen molar-refractivity contribution in [2.24, 2.45) is 4.99 Å². The van der Waals surface area contributed by atoms with Gasteiger partial charge in [0.15, 0.2) is 5.82 Å². The predicted octanol–water partition coefficient (Wildman–Crippen LogP) is 8.40. The SMILES string of the molecule is COC(=O)C[C@@H]1N=C(c2ccc(-c3ccc4c(c3)CCN(Cc3ccc(S(=O)(=O)Nc5ccc(C)c6c(C#N)c[nH]c56)cc3)C4)cc2)c2c(sc(C)c2C)-n2c(C)nnc21. The summed E-state index contributed by atoms with van der Waals surface area (Å²) in [6.07, 6.45) is 2.55. The number of carbonyl (C=O) groups excluding carboxylic acids is 1. The minimum atomic E-state index is -3.86. The van der Waals surface area contributed by atoms with Gasteiger partial charge in [0.1, 0.15) is 22.9 Å². The number of hydrogen-bond acceptors (Lipinski definition) is 10. The fourth-order valence-electron chi connectivity index (χ4n) is 8.34. The Kier molecular flexibility index (Phi) is 9.98. The Hall–Kier alpha value is -6.40. The van der Waals surface area contributed by atoms with E-state index in [1.807, 2.05) is 36.6 Å². The summed E-state index contributed by atoms with van der Waals surface area (Å²) in [5.41, 5.74) is 12.2. The van der Waals surface area contributed by atoms with Crippen LogP contribution in [0.1, 0.15) is 73.5 Å². The van der Waals surface area contributed by atoms with Gasteiger partial charge in [0.2, 0.25) is 0 Å². The van der Waals surface area contributed by atoms with E-state index in [0.717, 1.165) is 75.0 Å². The molecule has 2 aliphatic rings. The fraction of sp³-hybridized carbons (Fsp3) is 0.239. The van der Waals surface area contributed by atoms with Crippen molar-refractivity contribution in [3.8, 4) is 22.2 Å². The Labute approximate surface area is 352 Å². The maximum Gasteiger partial charge on any atom is 0.308 e. The lowest BCUT2D eigenvalue weighted by Gasteiger charge is -2.29. The maximum absolute atomic E-state index is 13.4. The average molecular weight is 835 g/mol. The Morgan fingerprint density at radius 3 is 2.47 bits per heavy atom. The van der Waals surface area contributed by atoms with Crippen LogP contribution in [0.2, 0.25) is 0 Å². The molecular weight excluding hydrogens is 793 g/mol. The lowest BCUT2D eigenvalue weighted by Crippen LogP contribution is -2.30. The van der Waals surface area contributed by atoms with Crippen LogP contribution < -0.4 is 4.72 Å². The molecule has 4 aromatic carbocycles. The normalized spacial score (nSPS) is 15.1. The molecule has 14 heteroatoms. The second-order valence-corrected chi connectivity index (χ2v) is 18.3. The van der Waals surface area contributed by atoms with Gasteiger partial charge < -0.3 is 9.72 Å². The molecule has 0 aliphatic carbocycles. The van der Waals surface area contributed by atoms with Gasteiger partial charge in [-0.25, -0.2) is 8.42 Å². The number of hydrogen-bond donors (Lipinski definition) is 2. The van der Waals surface area contributed by atoms with Gasteiger partial charge in [0, 0.05) is 47.2 Å². The van der Waals surface area contributed by atoms with Crippen LogP contribution in [-0.4, -0.2) is 58.4 Å². The third-order valence-corrected chi connectivity index (χ3v) is 14.2. The lowest BCUT2D eigenvalue weighted by atomic mass is 9.93. The number of anilines is 1. The standard InChI is InChI=1S/C46H42N8O4S2/c1-26-6-17-38(44-41(26)36(22-47)23-48-44)52-60(56,57)37-15-7-30(8-16-37)24-53-19-18-34-20-33(13-14-35(34)25-53)31-9-11-32(12-10-31)43-42-27(2)28(3)59-46(42)54-29(4)50-51-45(54)39(49-43)21-40(55)58-5/h6-17,20,23,39,48,52H,18-19,21,24-25H2,1-5H3/t39-/m0/s1. The Morgan fingerprint density at radius 1 is 0.967 bits per heavy atom. The molecule has 2 aliphatic heterocycles. The quantitative estimate of drug-likeness (QED) is 0.137. The molecule has 1 atom stereocenters. The number of rotatable bonds is 9. The topological polar surface area (TPSA) is 158 Å². The summed E-state index contributed by atoms with van der Waals surface area (Å²) in [5, 5.41) is 20.0. The van der Waals surface area contributed by atoms with Crippen LogP contribution in [0.15, 0.2) is 94.9 Å². The Bertz CT molecular complexity index is 3030. The highest BCUT2D eigenvalue weighted by Crippen LogP contribution is 2.40. The van der Waals surface area contributed by atoms with E-state index in [4.69, 9.17) is 9.73 Å². The highest BCUT2D eigenvalue weighted by molar-refractivity contribution is 7.92. The molecule has 3 aromatic heterocycles. The number of H-pyrrole nitrogens is 1. The van der Waals surface area contributed by atoms with Gasteiger partial charge in [-0.1, -0.05) is 60.7 Å². The number of sulfonamides is 1. The smallest absolute Gasteiger partial charge is 0.308 e. The van der Waals surface area contributed by atoms with Crippen LogP contribution in [0.3, 0.4) is 0 Å². The van der Waals surface area contributed by atoms with Gasteiger partial charge in [-0.15, -0.1) is 21.5 Å². The number of nitriles is 1. The molecule has 0 fully saturated rings. The monoisotopic (exact) mass is 834 g/mol. The van der Waals surface area contributed by atoms with Crippen LogP contribution in [0.25, 0.3) is 27.0 Å². The van der Waals surface area contributed by atoms with E-state index in [9.17, 15) is 18.5 Å². The van der Waals surface area contributed by atoms with Crippen LogP contribution >= 0.6 is 11.3 Å². The van der Waals surface area contributed by atoms with E-state index in [1.165, 1.54) is 23.1 Å². The number of carbonyl (C=O) groups is 1. The number of aromatic amines is 1. The van der Waals surface area contributed by atoms with Crippen molar-refractivity contribution in [1.29, 1.82) is 5.26 Å².